The molecule has 0 unspecified atom stereocenters. The Bertz CT molecular complexity index is 763. The van der Waals surface area contributed by atoms with Gasteiger partial charge in [0.05, 0.1) is 10.7 Å². The van der Waals surface area contributed by atoms with Crippen LogP contribution < -0.4 is 4.72 Å². The summed E-state index contributed by atoms with van der Waals surface area (Å²) in [6.07, 6.45) is 0. The van der Waals surface area contributed by atoms with Gasteiger partial charge in [-0.05, 0) is 58.7 Å². The minimum absolute atomic E-state index is 0.151. The van der Waals surface area contributed by atoms with Crippen molar-refractivity contribution in [3.05, 3.63) is 55.9 Å². The third-order valence-corrected chi connectivity index (χ3v) is 5.71. The van der Waals surface area contributed by atoms with Gasteiger partial charge in [-0.25, -0.2) is 8.42 Å². The number of aryl methyl sites for hydroxylation is 1. The fourth-order valence-electron chi connectivity index (χ4n) is 1.61. The lowest BCUT2D eigenvalue weighted by Gasteiger charge is -2.11. The topological polar surface area (TPSA) is 46.2 Å². The summed E-state index contributed by atoms with van der Waals surface area (Å²) in [4.78, 5) is 0.151. The first-order chi connectivity index (χ1) is 9.29. The molecule has 0 heterocycles. The number of benzene rings is 2. The molecule has 0 aromatic heterocycles. The van der Waals surface area contributed by atoms with Crippen molar-refractivity contribution >= 4 is 59.2 Å². The van der Waals surface area contributed by atoms with E-state index in [4.69, 9.17) is 11.6 Å². The van der Waals surface area contributed by atoms with Crippen LogP contribution in [0, 0.1) is 6.92 Å². The molecule has 0 radical (unpaired) electrons. The molecule has 2 aromatic carbocycles. The third kappa shape index (κ3) is 3.55. The zero-order valence-corrected chi connectivity index (χ0v) is 15.1. The van der Waals surface area contributed by atoms with E-state index < -0.39 is 10.0 Å². The van der Waals surface area contributed by atoms with Crippen LogP contribution in [0.4, 0.5) is 5.69 Å². The van der Waals surface area contributed by atoms with Gasteiger partial charge in [0.15, 0.2) is 0 Å². The van der Waals surface area contributed by atoms with Crippen LogP contribution in [0.3, 0.4) is 0 Å². The van der Waals surface area contributed by atoms with Crippen molar-refractivity contribution in [3.8, 4) is 0 Å². The molecule has 0 spiro atoms. The van der Waals surface area contributed by atoms with E-state index in [0.29, 0.717) is 15.2 Å². The molecule has 2 aromatic rings. The van der Waals surface area contributed by atoms with Crippen LogP contribution in [0.2, 0.25) is 5.02 Å². The number of hydrogen-bond donors (Lipinski definition) is 1. The molecule has 0 saturated carbocycles. The number of nitrogens with one attached hydrogen (secondary N) is 1. The minimum atomic E-state index is -3.70. The number of halogens is 3. The summed E-state index contributed by atoms with van der Waals surface area (Å²) in [5.74, 6) is 0. The lowest BCUT2D eigenvalue weighted by Crippen LogP contribution is -2.14. The number of sulfonamides is 1. The lowest BCUT2D eigenvalue weighted by atomic mass is 10.2. The Morgan fingerprint density at radius 1 is 1.10 bits per heavy atom. The average Bonchev–Trinajstić information content (AvgIpc) is 2.33. The number of rotatable bonds is 3. The zero-order valence-electron chi connectivity index (χ0n) is 10.3. The van der Waals surface area contributed by atoms with Gasteiger partial charge in [-0.2, -0.15) is 0 Å². The van der Waals surface area contributed by atoms with Crippen molar-refractivity contribution in [2.75, 3.05) is 4.72 Å². The summed E-state index contributed by atoms with van der Waals surface area (Å²) >= 11 is 12.5. The van der Waals surface area contributed by atoms with Crippen molar-refractivity contribution < 1.29 is 8.42 Å². The highest BCUT2D eigenvalue weighted by Gasteiger charge is 2.19. The van der Waals surface area contributed by atoms with Gasteiger partial charge in [-0.15, -0.1) is 0 Å². The molecule has 0 saturated heterocycles. The SMILES string of the molecule is Cc1ccc(Cl)c(NS(=O)(=O)c2ccc(Br)cc2Br)c1. The summed E-state index contributed by atoms with van der Waals surface area (Å²) in [7, 11) is -3.70. The van der Waals surface area contributed by atoms with Crippen LogP contribution in [0.15, 0.2) is 50.2 Å². The molecule has 7 heteroatoms. The van der Waals surface area contributed by atoms with Crippen molar-refractivity contribution in [1.29, 1.82) is 0 Å². The van der Waals surface area contributed by atoms with Crippen LogP contribution in [0.5, 0.6) is 0 Å². The first-order valence-corrected chi connectivity index (χ1v) is 8.98. The summed E-state index contributed by atoms with van der Waals surface area (Å²) in [6.45, 7) is 1.86. The Kier molecular flexibility index (Phi) is 4.79. The second-order valence-electron chi connectivity index (χ2n) is 4.16. The molecule has 0 amide bonds. The van der Waals surface area contributed by atoms with Crippen molar-refractivity contribution in [1.82, 2.24) is 0 Å². The van der Waals surface area contributed by atoms with E-state index in [2.05, 4.69) is 36.6 Å². The molecule has 0 aliphatic heterocycles. The fraction of sp³-hybridized carbons (Fsp3) is 0.0769. The summed E-state index contributed by atoms with van der Waals surface area (Å²) in [6, 6.07) is 10.0. The zero-order chi connectivity index (χ0) is 14.9. The Labute approximate surface area is 139 Å². The lowest BCUT2D eigenvalue weighted by molar-refractivity contribution is 0.600. The molecule has 0 aliphatic carbocycles. The maximum Gasteiger partial charge on any atom is 0.263 e. The van der Waals surface area contributed by atoms with Gasteiger partial charge in [-0.3, -0.25) is 4.72 Å². The highest BCUT2D eigenvalue weighted by molar-refractivity contribution is 9.11. The van der Waals surface area contributed by atoms with E-state index in [9.17, 15) is 8.42 Å². The fourth-order valence-corrected chi connectivity index (χ4v) is 4.65. The van der Waals surface area contributed by atoms with E-state index in [0.717, 1.165) is 10.0 Å². The second-order valence-corrected chi connectivity index (χ2v) is 7.99. The maximum absolute atomic E-state index is 12.4. The van der Waals surface area contributed by atoms with E-state index >= 15 is 0 Å². The van der Waals surface area contributed by atoms with Crippen molar-refractivity contribution in [3.63, 3.8) is 0 Å². The molecule has 106 valence electrons. The molecule has 1 N–H and O–H groups in total. The van der Waals surface area contributed by atoms with Gasteiger partial charge >= 0.3 is 0 Å². The van der Waals surface area contributed by atoms with Gasteiger partial charge in [0.25, 0.3) is 10.0 Å². The van der Waals surface area contributed by atoms with E-state index in [1.54, 1.807) is 24.3 Å². The largest absolute Gasteiger partial charge is 0.278 e. The molecule has 3 nitrogen and oxygen atoms in total. The second kappa shape index (κ2) is 6.05. The van der Waals surface area contributed by atoms with E-state index in [-0.39, 0.29) is 4.90 Å². The van der Waals surface area contributed by atoms with Crippen LogP contribution in [0.1, 0.15) is 5.56 Å². The van der Waals surface area contributed by atoms with Crippen molar-refractivity contribution in [2.24, 2.45) is 0 Å². The van der Waals surface area contributed by atoms with Crippen LogP contribution in [0.25, 0.3) is 0 Å². The van der Waals surface area contributed by atoms with Gasteiger partial charge in [0.2, 0.25) is 0 Å². The molecule has 0 aliphatic rings. The third-order valence-electron chi connectivity index (χ3n) is 2.55. The molecule has 0 bridgehead atoms. The molecule has 0 atom stereocenters. The Morgan fingerprint density at radius 3 is 2.45 bits per heavy atom. The quantitative estimate of drug-likeness (QED) is 0.734. The smallest absolute Gasteiger partial charge is 0.263 e. The van der Waals surface area contributed by atoms with Gasteiger partial charge < -0.3 is 0 Å². The van der Waals surface area contributed by atoms with Gasteiger partial charge in [0.1, 0.15) is 4.90 Å². The highest BCUT2D eigenvalue weighted by atomic mass is 79.9. The molecule has 2 rings (SSSR count). The first-order valence-electron chi connectivity index (χ1n) is 5.53. The highest BCUT2D eigenvalue weighted by Crippen LogP contribution is 2.30. The van der Waals surface area contributed by atoms with Gasteiger partial charge in [0, 0.05) is 8.95 Å². The summed E-state index contributed by atoms with van der Waals surface area (Å²) in [5.41, 5.74) is 1.28. The Balaban J connectivity index is 2.43. The summed E-state index contributed by atoms with van der Waals surface area (Å²) in [5, 5.41) is 0.354. The van der Waals surface area contributed by atoms with Crippen LogP contribution in [-0.4, -0.2) is 8.42 Å². The van der Waals surface area contributed by atoms with Gasteiger partial charge in [-0.1, -0.05) is 33.6 Å². The predicted molar refractivity (Wildman–Crippen MR) is 88.8 cm³/mol. The first kappa shape index (κ1) is 15.8. The molecule has 20 heavy (non-hydrogen) atoms. The van der Waals surface area contributed by atoms with E-state index in [1.807, 2.05) is 13.0 Å². The molecular weight excluding hydrogens is 429 g/mol. The minimum Gasteiger partial charge on any atom is -0.278 e. The number of hydrogen-bond acceptors (Lipinski definition) is 2. The maximum atomic E-state index is 12.4. The Hall–Kier alpha value is -0.560. The monoisotopic (exact) mass is 437 g/mol. The molecular formula is C13H10Br2ClNO2S. The number of anilines is 1. The summed E-state index contributed by atoms with van der Waals surface area (Å²) < 4.78 is 28.5. The van der Waals surface area contributed by atoms with Crippen LogP contribution >= 0.6 is 43.5 Å². The van der Waals surface area contributed by atoms with E-state index in [1.165, 1.54) is 6.07 Å². The molecule has 0 fully saturated rings. The van der Waals surface area contributed by atoms with Crippen molar-refractivity contribution in [2.45, 2.75) is 11.8 Å². The average molecular weight is 440 g/mol. The van der Waals surface area contributed by atoms with Crippen LogP contribution in [-0.2, 0) is 10.0 Å². The normalized spacial score (nSPS) is 11.4. The standard InChI is InChI=1S/C13H10Br2ClNO2S/c1-8-2-4-11(16)12(6-8)17-20(18,19)13-5-3-9(14)7-10(13)15/h2-7,17H,1H3. The predicted octanol–water partition coefficient (Wildman–Crippen LogP) is 4.97. The Morgan fingerprint density at radius 2 is 1.80 bits per heavy atom.